The molecule has 1 aromatic carbocycles. The number of carbonyl (C=O) groups excluding carboxylic acids is 2. The Morgan fingerprint density at radius 3 is 2.81 bits per heavy atom. The zero-order chi connectivity index (χ0) is 18.9. The molecule has 1 aliphatic heterocycles. The molecule has 144 valence electrons. The third-order valence-corrected chi connectivity index (χ3v) is 4.89. The first-order valence-corrected chi connectivity index (χ1v) is 9.48. The smallest absolute Gasteiger partial charge is 0.233 e. The third-order valence-electron chi connectivity index (χ3n) is 4.89. The summed E-state index contributed by atoms with van der Waals surface area (Å²) in [5.41, 5.74) is 2.79. The molecule has 26 heavy (non-hydrogen) atoms. The van der Waals surface area contributed by atoms with Crippen LogP contribution in [0, 0.1) is 13.8 Å². The maximum Gasteiger partial charge on any atom is 0.233 e. The number of aliphatic hydroxyl groups excluding tert-OH is 1. The van der Waals surface area contributed by atoms with Gasteiger partial charge < -0.3 is 15.7 Å². The summed E-state index contributed by atoms with van der Waals surface area (Å²) in [4.78, 5) is 26.3. The monoisotopic (exact) mass is 361 g/mol. The number of amides is 2. The average Bonchev–Trinajstić information content (AvgIpc) is 2.62. The van der Waals surface area contributed by atoms with E-state index in [1.54, 1.807) is 0 Å². The molecule has 1 atom stereocenters. The predicted molar refractivity (Wildman–Crippen MR) is 103 cm³/mol. The maximum absolute atomic E-state index is 12.0. The van der Waals surface area contributed by atoms with Gasteiger partial charge in [-0.2, -0.15) is 0 Å². The Morgan fingerprint density at radius 1 is 1.23 bits per heavy atom. The summed E-state index contributed by atoms with van der Waals surface area (Å²) in [5.74, 6) is -0.558. The van der Waals surface area contributed by atoms with Crippen LogP contribution in [0.2, 0.25) is 0 Å². The van der Waals surface area contributed by atoms with E-state index in [0.717, 1.165) is 42.7 Å². The Hall–Kier alpha value is -1.92. The van der Waals surface area contributed by atoms with Gasteiger partial charge in [0, 0.05) is 24.8 Å². The molecule has 0 aromatic heterocycles. The molecule has 1 unspecified atom stereocenters. The number of aryl methyl sites for hydroxylation is 2. The topological polar surface area (TPSA) is 81.7 Å². The van der Waals surface area contributed by atoms with Gasteiger partial charge in [0.05, 0.1) is 6.61 Å². The number of anilines is 1. The van der Waals surface area contributed by atoms with Gasteiger partial charge in [0.1, 0.15) is 6.42 Å². The first-order chi connectivity index (χ1) is 12.5. The summed E-state index contributed by atoms with van der Waals surface area (Å²) < 4.78 is 0. The van der Waals surface area contributed by atoms with Crippen LogP contribution in [0.3, 0.4) is 0 Å². The van der Waals surface area contributed by atoms with Crippen molar-refractivity contribution in [1.29, 1.82) is 0 Å². The lowest BCUT2D eigenvalue weighted by atomic mass is 10.0. The Bertz CT molecular complexity index is 618. The zero-order valence-corrected chi connectivity index (χ0v) is 15.9. The van der Waals surface area contributed by atoms with Gasteiger partial charge in [0.15, 0.2) is 0 Å². The molecule has 1 aliphatic rings. The van der Waals surface area contributed by atoms with Gasteiger partial charge in [0.2, 0.25) is 11.8 Å². The molecule has 1 fully saturated rings. The van der Waals surface area contributed by atoms with Crippen molar-refractivity contribution >= 4 is 17.5 Å². The van der Waals surface area contributed by atoms with Crippen molar-refractivity contribution in [2.24, 2.45) is 0 Å². The van der Waals surface area contributed by atoms with Crippen LogP contribution in [0.5, 0.6) is 0 Å². The van der Waals surface area contributed by atoms with Gasteiger partial charge in [-0.3, -0.25) is 14.5 Å². The quantitative estimate of drug-likeness (QED) is 0.488. The van der Waals surface area contributed by atoms with E-state index < -0.39 is 0 Å². The zero-order valence-electron chi connectivity index (χ0n) is 15.9. The molecule has 2 amide bonds. The fraction of sp³-hybridized carbons (Fsp3) is 0.600. The number of rotatable bonds is 8. The lowest BCUT2D eigenvalue weighted by Crippen LogP contribution is -2.43. The standard InChI is InChI=1S/C20H31N3O3/c1-15-7-8-16(2)18(12-15)22-20(26)13-19(25)21-9-5-11-23-10-4-3-6-17(23)14-24/h7-8,12,17,24H,3-6,9-11,13-14H2,1-2H3,(H,21,25)(H,22,26). The predicted octanol–water partition coefficient (Wildman–Crippen LogP) is 1.99. The van der Waals surface area contributed by atoms with Crippen molar-refractivity contribution in [1.82, 2.24) is 10.2 Å². The molecule has 1 saturated heterocycles. The summed E-state index contributed by atoms with van der Waals surface area (Å²) in [6.07, 6.45) is 4.04. The van der Waals surface area contributed by atoms with Crippen molar-refractivity contribution in [2.45, 2.75) is 52.0 Å². The van der Waals surface area contributed by atoms with E-state index in [0.29, 0.717) is 6.54 Å². The minimum atomic E-state index is -0.299. The van der Waals surface area contributed by atoms with E-state index in [1.165, 1.54) is 12.8 Å². The molecule has 6 heteroatoms. The molecule has 2 rings (SSSR count). The molecular weight excluding hydrogens is 330 g/mol. The summed E-state index contributed by atoms with van der Waals surface area (Å²) in [6.45, 7) is 6.51. The van der Waals surface area contributed by atoms with Crippen LogP contribution < -0.4 is 10.6 Å². The highest BCUT2D eigenvalue weighted by atomic mass is 16.3. The number of nitrogens with one attached hydrogen (secondary N) is 2. The highest BCUT2D eigenvalue weighted by molar-refractivity contribution is 6.03. The fourth-order valence-corrected chi connectivity index (χ4v) is 3.34. The van der Waals surface area contributed by atoms with E-state index >= 15 is 0 Å². The Morgan fingerprint density at radius 2 is 2.04 bits per heavy atom. The molecule has 1 heterocycles. The minimum absolute atomic E-state index is 0.170. The fourth-order valence-electron chi connectivity index (χ4n) is 3.34. The average molecular weight is 361 g/mol. The van der Waals surface area contributed by atoms with Gasteiger partial charge in [0.25, 0.3) is 0 Å². The van der Waals surface area contributed by atoms with Gasteiger partial charge in [-0.15, -0.1) is 0 Å². The maximum atomic E-state index is 12.0. The van der Waals surface area contributed by atoms with Crippen molar-refractivity contribution in [2.75, 3.05) is 31.6 Å². The van der Waals surface area contributed by atoms with Gasteiger partial charge in [-0.25, -0.2) is 0 Å². The van der Waals surface area contributed by atoms with E-state index in [-0.39, 0.29) is 30.9 Å². The second kappa shape index (κ2) is 10.3. The molecule has 0 bridgehead atoms. The molecular formula is C20H31N3O3. The number of aliphatic hydroxyl groups is 1. The molecule has 0 aliphatic carbocycles. The van der Waals surface area contributed by atoms with Crippen LogP contribution >= 0.6 is 0 Å². The first-order valence-electron chi connectivity index (χ1n) is 9.48. The lowest BCUT2D eigenvalue weighted by molar-refractivity contribution is -0.126. The highest BCUT2D eigenvalue weighted by Crippen LogP contribution is 2.17. The van der Waals surface area contributed by atoms with Crippen LogP contribution in [0.1, 0.15) is 43.2 Å². The number of benzene rings is 1. The largest absolute Gasteiger partial charge is 0.395 e. The lowest BCUT2D eigenvalue weighted by Gasteiger charge is -2.34. The van der Waals surface area contributed by atoms with Crippen molar-refractivity contribution in [3.63, 3.8) is 0 Å². The number of hydrogen-bond acceptors (Lipinski definition) is 4. The van der Waals surface area contributed by atoms with E-state index in [4.69, 9.17) is 0 Å². The van der Waals surface area contributed by atoms with E-state index in [2.05, 4.69) is 15.5 Å². The second-order valence-electron chi connectivity index (χ2n) is 7.11. The first kappa shape index (κ1) is 20.4. The molecule has 6 nitrogen and oxygen atoms in total. The van der Waals surface area contributed by atoms with Crippen LogP contribution in [0.25, 0.3) is 0 Å². The van der Waals surface area contributed by atoms with Gasteiger partial charge in [-0.1, -0.05) is 18.6 Å². The second-order valence-corrected chi connectivity index (χ2v) is 7.11. The summed E-state index contributed by atoms with van der Waals surface area (Å²) in [6, 6.07) is 6.09. The van der Waals surface area contributed by atoms with Crippen molar-refractivity contribution < 1.29 is 14.7 Å². The number of piperidine rings is 1. The SMILES string of the molecule is Cc1ccc(C)c(NC(=O)CC(=O)NCCCN2CCCCC2CO)c1. The normalized spacial score (nSPS) is 17.7. The molecule has 0 saturated carbocycles. The van der Waals surface area contributed by atoms with Crippen molar-refractivity contribution in [3.8, 4) is 0 Å². The summed E-state index contributed by atoms with van der Waals surface area (Å²) >= 11 is 0. The van der Waals surface area contributed by atoms with Crippen LogP contribution in [-0.4, -0.2) is 54.1 Å². The number of likely N-dealkylation sites (tertiary alicyclic amines) is 1. The minimum Gasteiger partial charge on any atom is -0.395 e. The molecule has 1 aromatic rings. The summed E-state index contributed by atoms with van der Waals surface area (Å²) in [7, 11) is 0. The molecule has 0 spiro atoms. The van der Waals surface area contributed by atoms with Crippen LogP contribution in [-0.2, 0) is 9.59 Å². The van der Waals surface area contributed by atoms with E-state index in [9.17, 15) is 14.7 Å². The Kier molecular flexibility index (Phi) is 8.06. The summed E-state index contributed by atoms with van der Waals surface area (Å²) in [5, 5.41) is 15.0. The molecule has 0 radical (unpaired) electrons. The van der Waals surface area contributed by atoms with E-state index in [1.807, 2.05) is 32.0 Å². The van der Waals surface area contributed by atoms with Crippen molar-refractivity contribution in [3.05, 3.63) is 29.3 Å². The van der Waals surface area contributed by atoms with Crippen LogP contribution in [0.15, 0.2) is 18.2 Å². The Labute approximate surface area is 156 Å². The number of hydrogen-bond donors (Lipinski definition) is 3. The highest BCUT2D eigenvalue weighted by Gasteiger charge is 2.20. The third kappa shape index (κ3) is 6.42. The van der Waals surface area contributed by atoms with Crippen LogP contribution in [0.4, 0.5) is 5.69 Å². The number of carbonyl (C=O) groups is 2. The van der Waals surface area contributed by atoms with Gasteiger partial charge >= 0.3 is 0 Å². The Balaban J connectivity index is 1.66. The molecule has 3 N–H and O–H groups in total. The number of nitrogens with zero attached hydrogens (tertiary/aromatic N) is 1. The van der Waals surface area contributed by atoms with Gasteiger partial charge in [-0.05, 0) is 56.8 Å².